The van der Waals surface area contributed by atoms with Crippen LogP contribution in [0.3, 0.4) is 0 Å². The molecule has 0 heterocycles. The Hall–Kier alpha value is -1.53. The van der Waals surface area contributed by atoms with Crippen LogP contribution in [0.5, 0.6) is 0 Å². The van der Waals surface area contributed by atoms with Crippen LogP contribution < -0.4 is 0 Å². The number of ketones is 1. The van der Waals surface area contributed by atoms with Crippen LogP contribution >= 0.6 is 0 Å². The molecule has 2 saturated carbocycles. The number of ether oxygens (including phenoxy) is 1. The first-order valence-corrected chi connectivity index (χ1v) is 11.3. The summed E-state index contributed by atoms with van der Waals surface area (Å²) in [5.74, 6) is -0.657. The summed E-state index contributed by atoms with van der Waals surface area (Å²) >= 11 is 0. The molecule has 170 valence electrons. The van der Waals surface area contributed by atoms with E-state index in [1.807, 2.05) is 24.3 Å². The molecule has 2 N–H and O–H groups in total. The molecule has 6 heteroatoms. The Bertz CT molecular complexity index is 611. The van der Waals surface area contributed by atoms with Gasteiger partial charge in [-0.1, -0.05) is 30.7 Å². The highest BCUT2D eigenvalue weighted by molar-refractivity contribution is 5.84. The number of Topliss-reactive ketones (excluding diaryl/α,β-unsaturated/α-hetero) is 1. The molecule has 0 bridgehead atoms. The first-order valence-electron chi connectivity index (χ1n) is 11.3. The number of allylic oxidation sites excluding steroid dienone is 2. The maximum atomic E-state index is 12.6. The predicted molar refractivity (Wildman–Crippen MR) is 113 cm³/mol. The van der Waals surface area contributed by atoms with Crippen molar-refractivity contribution >= 4 is 11.8 Å². The topological polar surface area (TPSA) is 83.8 Å². The molecular formula is C24H37FO5. The standard InChI is InChI=1S/C24H37FO5/c1-30-23(29)12-5-3-2-4-9-18-19(21(27)17-20(18)26)10-6-11-22(28)24(13-7-14-24)15-8-16-25/h2,4,6,10,18-19,21-22,27-28H,3,5,7-9,11-17H2,1H3/t18-,19-,21-,22?/m1/s1. The SMILES string of the molecule is COC(=O)CCCC=CC[C@H]1C(=O)C[C@@H](O)[C@@H]1C=CCC(O)C1(CCCF)CCC1. The molecule has 0 aromatic heterocycles. The van der Waals surface area contributed by atoms with Gasteiger partial charge < -0.3 is 14.9 Å². The van der Waals surface area contributed by atoms with Crippen molar-refractivity contribution in [2.24, 2.45) is 17.3 Å². The molecular weight excluding hydrogens is 387 g/mol. The van der Waals surface area contributed by atoms with E-state index in [2.05, 4.69) is 4.74 Å². The van der Waals surface area contributed by atoms with Crippen molar-refractivity contribution in [1.82, 2.24) is 0 Å². The average Bonchev–Trinajstić information content (AvgIpc) is 2.96. The van der Waals surface area contributed by atoms with E-state index < -0.39 is 12.2 Å². The number of esters is 1. The van der Waals surface area contributed by atoms with Gasteiger partial charge in [0.05, 0.1) is 26.0 Å². The third-order valence-electron chi connectivity index (χ3n) is 6.85. The summed E-state index contributed by atoms with van der Waals surface area (Å²) in [7, 11) is 1.37. The van der Waals surface area contributed by atoms with Gasteiger partial charge in [-0.3, -0.25) is 14.0 Å². The minimum atomic E-state index is -0.687. The number of alkyl halides is 1. The van der Waals surface area contributed by atoms with Gasteiger partial charge in [0, 0.05) is 24.7 Å². The molecule has 2 fully saturated rings. The van der Waals surface area contributed by atoms with E-state index in [0.717, 1.165) is 25.7 Å². The molecule has 2 aliphatic carbocycles. The number of halogens is 1. The predicted octanol–water partition coefficient (Wildman–Crippen LogP) is 4.07. The number of methoxy groups -OCH3 is 1. The second kappa shape index (κ2) is 12.4. The van der Waals surface area contributed by atoms with Gasteiger partial charge >= 0.3 is 5.97 Å². The summed E-state index contributed by atoms with van der Waals surface area (Å²) in [4.78, 5) is 23.4. The van der Waals surface area contributed by atoms with Gasteiger partial charge in [0.2, 0.25) is 0 Å². The Morgan fingerprint density at radius 3 is 2.70 bits per heavy atom. The molecule has 1 unspecified atom stereocenters. The van der Waals surface area contributed by atoms with Gasteiger partial charge in [-0.2, -0.15) is 0 Å². The molecule has 30 heavy (non-hydrogen) atoms. The van der Waals surface area contributed by atoms with E-state index in [1.165, 1.54) is 7.11 Å². The first kappa shape index (κ1) is 24.7. The lowest BCUT2D eigenvalue weighted by Crippen LogP contribution is -2.41. The fraction of sp³-hybridized carbons (Fsp3) is 0.750. The molecule has 4 atom stereocenters. The van der Waals surface area contributed by atoms with Gasteiger partial charge in [0.1, 0.15) is 5.78 Å². The first-order chi connectivity index (χ1) is 14.4. The minimum absolute atomic E-state index is 0.0651. The van der Waals surface area contributed by atoms with Crippen LogP contribution in [0.1, 0.15) is 70.6 Å². The molecule has 0 radical (unpaired) electrons. The number of unbranched alkanes of at least 4 members (excludes halogenated alkanes) is 1. The Labute approximate surface area is 179 Å². The second-order valence-electron chi connectivity index (χ2n) is 8.79. The number of hydrogen-bond donors (Lipinski definition) is 2. The smallest absolute Gasteiger partial charge is 0.305 e. The van der Waals surface area contributed by atoms with E-state index >= 15 is 0 Å². The molecule has 0 amide bonds. The van der Waals surface area contributed by atoms with Crippen LogP contribution in [0.2, 0.25) is 0 Å². The zero-order valence-corrected chi connectivity index (χ0v) is 18.1. The van der Waals surface area contributed by atoms with Gasteiger partial charge in [-0.15, -0.1) is 0 Å². The third kappa shape index (κ3) is 6.74. The van der Waals surface area contributed by atoms with Crippen LogP contribution in [0.4, 0.5) is 4.39 Å². The lowest BCUT2D eigenvalue weighted by molar-refractivity contribution is -0.140. The Morgan fingerprint density at radius 2 is 2.07 bits per heavy atom. The fourth-order valence-electron chi connectivity index (χ4n) is 4.77. The zero-order valence-electron chi connectivity index (χ0n) is 18.1. The third-order valence-corrected chi connectivity index (χ3v) is 6.85. The number of carbonyl (C=O) groups excluding carboxylic acids is 2. The van der Waals surface area contributed by atoms with Crippen LogP contribution in [-0.2, 0) is 14.3 Å². The van der Waals surface area contributed by atoms with E-state index in [0.29, 0.717) is 38.5 Å². The lowest BCUT2D eigenvalue weighted by atomic mass is 9.62. The summed E-state index contributed by atoms with van der Waals surface area (Å²) in [5.41, 5.74) is -0.160. The number of hydrogen-bond acceptors (Lipinski definition) is 5. The van der Waals surface area contributed by atoms with E-state index in [-0.39, 0.29) is 42.1 Å². The lowest BCUT2D eigenvalue weighted by Gasteiger charge is -2.45. The van der Waals surface area contributed by atoms with Gasteiger partial charge in [0.15, 0.2) is 0 Å². The van der Waals surface area contributed by atoms with E-state index in [9.17, 15) is 24.2 Å². The van der Waals surface area contributed by atoms with Gasteiger partial charge in [-0.05, 0) is 56.8 Å². The van der Waals surface area contributed by atoms with Gasteiger partial charge in [-0.25, -0.2) is 0 Å². The summed E-state index contributed by atoms with van der Waals surface area (Å²) in [5, 5.41) is 20.9. The van der Waals surface area contributed by atoms with Crippen LogP contribution in [0.15, 0.2) is 24.3 Å². The van der Waals surface area contributed by atoms with Crippen molar-refractivity contribution in [1.29, 1.82) is 0 Å². The Kier molecular flexibility index (Phi) is 10.2. The quantitative estimate of drug-likeness (QED) is 0.265. The van der Waals surface area contributed by atoms with Crippen LogP contribution in [0.25, 0.3) is 0 Å². The molecule has 5 nitrogen and oxygen atoms in total. The van der Waals surface area contributed by atoms with Crippen molar-refractivity contribution in [2.45, 2.75) is 82.8 Å². The summed E-state index contributed by atoms with van der Waals surface area (Å²) < 4.78 is 17.2. The molecule has 0 saturated heterocycles. The molecule has 2 rings (SSSR count). The molecule has 0 spiro atoms. The molecule has 0 aromatic carbocycles. The highest BCUT2D eigenvalue weighted by atomic mass is 19.1. The van der Waals surface area contributed by atoms with Crippen molar-refractivity contribution in [3.05, 3.63) is 24.3 Å². The summed E-state index contributed by atoms with van der Waals surface area (Å²) in [6, 6.07) is 0. The van der Waals surface area contributed by atoms with E-state index in [1.54, 1.807) is 0 Å². The molecule has 2 aliphatic rings. The maximum Gasteiger partial charge on any atom is 0.305 e. The zero-order chi connectivity index (χ0) is 22.0. The second-order valence-corrected chi connectivity index (χ2v) is 8.79. The van der Waals surface area contributed by atoms with Crippen molar-refractivity contribution in [2.75, 3.05) is 13.8 Å². The number of aliphatic hydroxyl groups is 2. The van der Waals surface area contributed by atoms with Crippen molar-refractivity contribution < 1.29 is 28.9 Å². The van der Waals surface area contributed by atoms with Crippen LogP contribution in [-0.4, -0.2) is 48.0 Å². The van der Waals surface area contributed by atoms with Crippen molar-refractivity contribution in [3.8, 4) is 0 Å². The fourth-order valence-corrected chi connectivity index (χ4v) is 4.77. The number of carbonyl (C=O) groups is 2. The Morgan fingerprint density at radius 1 is 1.30 bits per heavy atom. The number of rotatable bonds is 13. The Balaban J connectivity index is 1.83. The van der Waals surface area contributed by atoms with Crippen molar-refractivity contribution in [3.63, 3.8) is 0 Å². The summed E-state index contributed by atoms with van der Waals surface area (Å²) in [6.07, 6.45) is 13.7. The monoisotopic (exact) mass is 424 g/mol. The maximum absolute atomic E-state index is 12.6. The largest absolute Gasteiger partial charge is 0.469 e. The van der Waals surface area contributed by atoms with Crippen LogP contribution in [0, 0.1) is 17.3 Å². The highest BCUT2D eigenvalue weighted by Gasteiger charge is 2.42. The summed E-state index contributed by atoms with van der Waals surface area (Å²) in [6.45, 7) is -0.349. The normalized spacial score (nSPS) is 26.9. The molecule has 0 aliphatic heterocycles. The van der Waals surface area contributed by atoms with E-state index in [4.69, 9.17) is 0 Å². The number of aliphatic hydroxyl groups excluding tert-OH is 2. The van der Waals surface area contributed by atoms with Gasteiger partial charge in [0.25, 0.3) is 0 Å². The highest BCUT2D eigenvalue weighted by Crippen LogP contribution is 2.48. The average molecular weight is 425 g/mol. The molecule has 0 aromatic rings. The minimum Gasteiger partial charge on any atom is -0.469 e.